The highest BCUT2D eigenvalue weighted by Crippen LogP contribution is 2.21. The first-order valence-electron chi connectivity index (χ1n) is 7.98. The van der Waals surface area contributed by atoms with E-state index in [0.29, 0.717) is 6.54 Å². The molecular formula is C15H21N5O3. The number of rotatable bonds is 5. The number of carbonyl (C=O) groups excluding carboxylic acids is 3. The first kappa shape index (κ1) is 15.5. The molecule has 2 aliphatic heterocycles. The Balaban J connectivity index is 1.59. The lowest BCUT2D eigenvalue weighted by Crippen LogP contribution is -2.49. The van der Waals surface area contributed by atoms with Crippen molar-refractivity contribution < 1.29 is 14.4 Å². The smallest absolute Gasteiger partial charge is 0.325 e. The molecule has 0 radical (unpaired) electrons. The topological polar surface area (TPSA) is 87.5 Å². The van der Waals surface area contributed by atoms with Gasteiger partial charge in [0, 0.05) is 31.5 Å². The number of carbonyl (C=O) groups is 3. The van der Waals surface area contributed by atoms with Crippen LogP contribution in [0.5, 0.6) is 0 Å². The van der Waals surface area contributed by atoms with Crippen molar-refractivity contribution in [1.82, 2.24) is 24.7 Å². The van der Waals surface area contributed by atoms with Crippen LogP contribution in [0.4, 0.5) is 4.79 Å². The fourth-order valence-corrected chi connectivity index (χ4v) is 3.19. The van der Waals surface area contributed by atoms with E-state index in [1.54, 1.807) is 12.5 Å². The minimum absolute atomic E-state index is 0.0177. The zero-order valence-corrected chi connectivity index (χ0v) is 13.0. The van der Waals surface area contributed by atoms with Crippen molar-refractivity contribution in [2.24, 2.45) is 0 Å². The van der Waals surface area contributed by atoms with Gasteiger partial charge in [0.2, 0.25) is 5.91 Å². The van der Waals surface area contributed by atoms with Crippen LogP contribution in [0.1, 0.15) is 25.7 Å². The Bertz CT molecular complexity index is 570. The van der Waals surface area contributed by atoms with Crippen LogP contribution in [0.15, 0.2) is 18.7 Å². The van der Waals surface area contributed by atoms with E-state index in [4.69, 9.17) is 0 Å². The third-order valence-corrected chi connectivity index (χ3v) is 4.46. The summed E-state index contributed by atoms with van der Waals surface area (Å²) in [7, 11) is 0. The normalized spacial score (nSPS) is 21.7. The second-order valence-corrected chi connectivity index (χ2v) is 5.96. The summed E-state index contributed by atoms with van der Waals surface area (Å²) in [5, 5.41) is 2.44. The molecule has 0 aromatic carbocycles. The van der Waals surface area contributed by atoms with E-state index in [2.05, 4.69) is 10.3 Å². The van der Waals surface area contributed by atoms with Gasteiger partial charge in [0.15, 0.2) is 0 Å². The molecule has 1 aromatic rings. The SMILES string of the molecule is O=C1CNC(=O)N1CC(=O)N1CCCC[C@H]1CCn1ccnc1. The minimum Gasteiger partial charge on any atom is -0.338 e. The molecule has 2 saturated heterocycles. The maximum absolute atomic E-state index is 12.5. The van der Waals surface area contributed by atoms with Crippen molar-refractivity contribution in [2.45, 2.75) is 38.3 Å². The quantitative estimate of drug-likeness (QED) is 0.786. The fraction of sp³-hybridized carbons (Fsp3) is 0.600. The lowest BCUT2D eigenvalue weighted by molar-refractivity contribution is -0.139. The maximum Gasteiger partial charge on any atom is 0.325 e. The van der Waals surface area contributed by atoms with Gasteiger partial charge in [-0.25, -0.2) is 9.78 Å². The number of nitrogens with zero attached hydrogens (tertiary/aromatic N) is 4. The van der Waals surface area contributed by atoms with Crippen LogP contribution in [0.3, 0.4) is 0 Å². The van der Waals surface area contributed by atoms with Gasteiger partial charge in [0.1, 0.15) is 6.54 Å². The molecule has 0 bridgehead atoms. The molecule has 8 heteroatoms. The number of aryl methyl sites for hydroxylation is 1. The van der Waals surface area contributed by atoms with E-state index in [9.17, 15) is 14.4 Å². The molecule has 8 nitrogen and oxygen atoms in total. The van der Waals surface area contributed by atoms with Crippen molar-refractivity contribution in [1.29, 1.82) is 0 Å². The lowest BCUT2D eigenvalue weighted by atomic mass is 9.99. The maximum atomic E-state index is 12.5. The zero-order valence-electron chi connectivity index (χ0n) is 13.0. The summed E-state index contributed by atoms with van der Waals surface area (Å²) in [5.74, 6) is -0.485. The molecule has 1 N–H and O–H groups in total. The minimum atomic E-state index is -0.477. The van der Waals surface area contributed by atoms with Gasteiger partial charge in [-0.3, -0.25) is 14.5 Å². The highest BCUT2D eigenvalue weighted by atomic mass is 16.2. The van der Waals surface area contributed by atoms with Crippen LogP contribution in [-0.4, -0.2) is 62.9 Å². The molecule has 0 saturated carbocycles. The van der Waals surface area contributed by atoms with Crippen molar-refractivity contribution in [2.75, 3.05) is 19.6 Å². The highest BCUT2D eigenvalue weighted by Gasteiger charge is 2.34. The Morgan fingerprint density at radius 1 is 1.35 bits per heavy atom. The standard InChI is InChI=1S/C15H21N5O3/c21-13-9-17-15(23)20(13)10-14(22)19-6-2-1-3-12(19)4-7-18-8-5-16-11-18/h5,8,11-12H,1-4,6-7,9-10H2,(H,17,23)/t12-/m0/s1. The zero-order chi connectivity index (χ0) is 16.2. The van der Waals surface area contributed by atoms with E-state index in [1.165, 1.54) is 0 Å². The average molecular weight is 319 g/mol. The number of amides is 4. The molecule has 1 aromatic heterocycles. The Kier molecular flexibility index (Phi) is 4.59. The number of imidazole rings is 1. The van der Waals surface area contributed by atoms with Gasteiger partial charge < -0.3 is 14.8 Å². The summed E-state index contributed by atoms with van der Waals surface area (Å²) in [4.78, 5) is 42.6. The van der Waals surface area contributed by atoms with Gasteiger partial charge in [-0.05, 0) is 25.7 Å². The second-order valence-electron chi connectivity index (χ2n) is 5.96. The van der Waals surface area contributed by atoms with Crippen LogP contribution in [0.25, 0.3) is 0 Å². The van der Waals surface area contributed by atoms with Crippen LogP contribution < -0.4 is 5.32 Å². The fourth-order valence-electron chi connectivity index (χ4n) is 3.19. The summed E-state index contributed by atoms with van der Waals surface area (Å²) in [6, 6.07) is -0.324. The number of nitrogens with one attached hydrogen (secondary N) is 1. The molecule has 2 aliphatic rings. The molecule has 124 valence electrons. The summed E-state index contributed by atoms with van der Waals surface area (Å²) < 4.78 is 1.99. The van der Waals surface area contributed by atoms with E-state index >= 15 is 0 Å². The van der Waals surface area contributed by atoms with Crippen molar-refractivity contribution in [3.8, 4) is 0 Å². The average Bonchev–Trinajstić information content (AvgIpc) is 3.18. The highest BCUT2D eigenvalue weighted by molar-refractivity contribution is 6.04. The van der Waals surface area contributed by atoms with E-state index in [-0.39, 0.29) is 30.9 Å². The molecule has 0 aliphatic carbocycles. The van der Waals surface area contributed by atoms with Gasteiger partial charge >= 0.3 is 6.03 Å². The Labute approximate surface area is 134 Å². The number of aromatic nitrogens is 2. The van der Waals surface area contributed by atoms with E-state index in [1.807, 2.05) is 15.7 Å². The summed E-state index contributed by atoms with van der Waals surface area (Å²) in [6.07, 6.45) is 9.28. The molecule has 2 fully saturated rings. The van der Waals surface area contributed by atoms with Gasteiger partial charge in [-0.1, -0.05) is 0 Å². The monoisotopic (exact) mass is 319 g/mol. The van der Waals surface area contributed by atoms with Gasteiger partial charge in [0.25, 0.3) is 5.91 Å². The van der Waals surface area contributed by atoms with E-state index < -0.39 is 6.03 Å². The number of piperidine rings is 1. The summed E-state index contributed by atoms with van der Waals surface area (Å²) in [6.45, 7) is 1.32. The van der Waals surface area contributed by atoms with Gasteiger partial charge in [-0.15, -0.1) is 0 Å². The largest absolute Gasteiger partial charge is 0.338 e. The van der Waals surface area contributed by atoms with Crippen molar-refractivity contribution in [3.05, 3.63) is 18.7 Å². The first-order chi connectivity index (χ1) is 11.1. The Hall–Kier alpha value is -2.38. The predicted molar refractivity (Wildman–Crippen MR) is 81.3 cm³/mol. The van der Waals surface area contributed by atoms with Crippen LogP contribution >= 0.6 is 0 Å². The summed E-state index contributed by atoms with van der Waals surface area (Å²) in [5.41, 5.74) is 0. The summed E-state index contributed by atoms with van der Waals surface area (Å²) >= 11 is 0. The second kappa shape index (κ2) is 6.80. The third-order valence-electron chi connectivity index (χ3n) is 4.46. The Morgan fingerprint density at radius 2 is 2.22 bits per heavy atom. The first-order valence-corrected chi connectivity index (χ1v) is 7.98. The number of urea groups is 1. The molecule has 0 spiro atoms. The number of likely N-dealkylation sites (tertiary alicyclic amines) is 1. The number of hydrogen-bond acceptors (Lipinski definition) is 4. The lowest BCUT2D eigenvalue weighted by Gasteiger charge is -2.36. The molecule has 23 heavy (non-hydrogen) atoms. The van der Waals surface area contributed by atoms with Gasteiger partial charge in [-0.2, -0.15) is 0 Å². The molecule has 1 atom stereocenters. The molecule has 4 amide bonds. The molecule has 3 heterocycles. The van der Waals surface area contributed by atoms with Crippen molar-refractivity contribution in [3.63, 3.8) is 0 Å². The van der Waals surface area contributed by atoms with E-state index in [0.717, 1.165) is 37.1 Å². The molecule has 0 unspecified atom stereocenters. The number of hydrogen-bond donors (Lipinski definition) is 1. The van der Waals surface area contributed by atoms with Crippen LogP contribution in [0, 0.1) is 0 Å². The van der Waals surface area contributed by atoms with Crippen LogP contribution in [0.2, 0.25) is 0 Å². The predicted octanol–water partition coefficient (Wildman–Crippen LogP) is 0.206. The molecular weight excluding hydrogens is 298 g/mol. The van der Waals surface area contributed by atoms with Crippen molar-refractivity contribution >= 4 is 17.8 Å². The Morgan fingerprint density at radius 3 is 2.91 bits per heavy atom. The molecule has 3 rings (SSSR count). The van der Waals surface area contributed by atoms with Crippen LogP contribution in [-0.2, 0) is 16.1 Å². The van der Waals surface area contributed by atoms with Gasteiger partial charge in [0.05, 0.1) is 12.9 Å². The third kappa shape index (κ3) is 3.52. The number of imide groups is 1.